The van der Waals surface area contributed by atoms with Crippen LogP contribution in [0.5, 0.6) is 11.6 Å². The molecule has 1 saturated heterocycles. The van der Waals surface area contributed by atoms with Crippen molar-refractivity contribution in [2.24, 2.45) is 17.3 Å². The molecule has 1 saturated carbocycles. The molecular formula is C34H46F2N4O7. The van der Waals surface area contributed by atoms with Gasteiger partial charge in [0.1, 0.15) is 30.1 Å². The number of ketones is 1. The van der Waals surface area contributed by atoms with Crippen molar-refractivity contribution >= 4 is 28.8 Å². The maximum atomic E-state index is 16.0. The minimum absolute atomic E-state index is 0.00805. The van der Waals surface area contributed by atoms with Gasteiger partial charge in [-0.25, -0.2) is 14.8 Å². The molecule has 0 radical (unpaired) electrons. The first-order valence-electron chi connectivity index (χ1n) is 16.4. The Morgan fingerprint density at radius 3 is 2.57 bits per heavy atom. The Balaban J connectivity index is 1.62. The van der Waals surface area contributed by atoms with E-state index in [0.29, 0.717) is 25.0 Å². The smallest absolute Gasteiger partial charge is 0.408 e. The monoisotopic (exact) mass is 660 g/mol. The normalized spacial score (nSPS) is 30.3. The molecule has 6 atom stereocenters. The van der Waals surface area contributed by atoms with Gasteiger partial charge in [0.15, 0.2) is 11.5 Å². The Hall–Kier alpha value is -3.61. The highest BCUT2D eigenvalue weighted by Crippen LogP contribution is 2.42. The zero-order chi connectivity index (χ0) is 34.3. The number of amides is 2. The van der Waals surface area contributed by atoms with Crippen LogP contribution in [0.1, 0.15) is 79.3 Å². The average Bonchev–Trinajstić information content (AvgIpc) is 3.55. The lowest BCUT2D eigenvalue weighted by atomic mass is 9.85. The Morgan fingerprint density at radius 1 is 1.17 bits per heavy atom. The number of alkyl halides is 2. The van der Waals surface area contributed by atoms with E-state index in [-0.39, 0.29) is 35.9 Å². The predicted octanol–water partition coefficient (Wildman–Crippen LogP) is 5.42. The number of benzene rings is 1. The van der Waals surface area contributed by atoms with Crippen LogP contribution in [-0.2, 0) is 25.0 Å². The minimum Gasteiger partial charge on any atom is -0.497 e. The number of halogens is 2. The molecule has 2 aliphatic heterocycles. The number of Topliss-reactive ketones (excluding diaryl/α,β-unsaturated/α-hetero) is 1. The van der Waals surface area contributed by atoms with E-state index in [0.717, 1.165) is 12.8 Å². The Bertz CT molecular complexity index is 1520. The third-order valence-corrected chi connectivity index (χ3v) is 9.90. The van der Waals surface area contributed by atoms with Gasteiger partial charge in [-0.2, -0.15) is 8.78 Å². The van der Waals surface area contributed by atoms with Crippen LogP contribution in [0.15, 0.2) is 18.2 Å². The number of carbonyl (C=O) groups is 3. The van der Waals surface area contributed by atoms with Crippen molar-refractivity contribution in [2.45, 2.75) is 103 Å². The van der Waals surface area contributed by atoms with Crippen molar-refractivity contribution in [3.05, 3.63) is 23.9 Å². The van der Waals surface area contributed by atoms with Gasteiger partial charge in [0, 0.05) is 24.5 Å². The Labute approximate surface area is 274 Å². The second kappa shape index (κ2) is 13.1. The van der Waals surface area contributed by atoms with Gasteiger partial charge in [0.05, 0.1) is 30.7 Å². The molecule has 0 spiro atoms. The molecule has 13 heteroatoms. The summed E-state index contributed by atoms with van der Waals surface area (Å²) in [6.07, 6.45) is 1.28. The first-order valence-corrected chi connectivity index (χ1v) is 16.4. The van der Waals surface area contributed by atoms with Gasteiger partial charge in [-0.05, 0) is 63.5 Å². The highest BCUT2D eigenvalue weighted by atomic mass is 19.3. The largest absolute Gasteiger partial charge is 0.497 e. The van der Waals surface area contributed by atoms with Crippen LogP contribution in [0, 0.1) is 17.3 Å². The summed E-state index contributed by atoms with van der Waals surface area (Å²) in [5, 5.41) is 2.81. The van der Waals surface area contributed by atoms with Crippen LogP contribution in [0.2, 0.25) is 0 Å². The fourth-order valence-corrected chi connectivity index (χ4v) is 7.31. The molecule has 258 valence electrons. The fourth-order valence-electron chi connectivity index (χ4n) is 7.31. The number of nitrogens with one attached hydrogen (secondary N) is 1. The van der Waals surface area contributed by atoms with Crippen molar-refractivity contribution in [1.29, 1.82) is 0 Å². The van der Waals surface area contributed by atoms with E-state index in [4.69, 9.17) is 18.9 Å². The number of rotatable bonds is 3. The standard InChI is InChI=1S/C34H46F2N4O7/c1-8-22-25-17-40(26(22)19(2)41)30(42)28(32(3,4)5)39-31(43)47-33(6)14-9-10-20(33)13-15-45-18-34(35,36)27-29(46-25)38-24-16-21(44-7)11-12-23(24)37-27/h11-12,16,20,22,25-26,28H,8-10,13-15,17-18H2,1-7H3,(H,39,43)/t20-,22+,25-,26+,28+,33+/m0/s1. The summed E-state index contributed by atoms with van der Waals surface area (Å²) in [6.45, 7) is 9.45. The van der Waals surface area contributed by atoms with E-state index in [2.05, 4.69) is 15.3 Å². The van der Waals surface area contributed by atoms with Crippen LogP contribution in [0.25, 0.3) is 11.0 Å². The van der Waals surface area contributed by atoms with E-state index in [1.54, 1.807) is 18.2 Å². The molecule has 2 fully saturated rings. The van der Waals surface area contributed by atoms with Gasteiger partial charge in [-0.15, -0.1) is 0 Å². The maximum absolute atomic E-state index is 16.0. The van der Waals surface area contributed by atoms with Crippen molar-refractivity contribution < 1.29 is 42.1 Å². The molecule has 1 aliphatic carbocycles. The third-order valence-electron chi connectivity index (χ3n) is 9.90. The fraction of sp³-hybridized carbons (Fsp3) is 0.676. The number of methoxy groups -OCH3 is 1. The molecule has 5 rings (SSSR count). The number of nitrogens with zero attached hydrogens (tertiary/aromatic N) is 3. The molecule has 11 nitrogen and oxygen atoms in total. The lowest BCUT2D eigenvalue weighted by Gasteiger charge is -2.37. The van der Waals surface area contributed by atoms with E-state index in [9.17, 15) is 14.4 Å². The first kappa shape index (κ1) is 34.7. The van der Waals surface area contributed by atoms with Gasteiger partial charge in [-0.1, -0.05) is 27.7 Å². The van der Waals surface area contributed by atoms with Crippen molar-refractivity contribution in [2.75, 3.05) is 26.9 Å². The van der Waals surface area contributed by atoms with Crippen LogP contribution in [0.3, 0.4) is 0 Å². The molecule has 3 heterocycles. The first-order chi connectivity index (χ1) is 22.1. The van der Waals surface area contributed by atoms with Crippen LogP contribution < -0.4 is 14.8 Å². The zero-order valence-electron chi connectivity index (χ0n) is 28.2. The highest BCUT2D eigenvalue weighted by Gasteiger charge is 2.51. The maximum Gasteiger partial charge on any atom is 0.408 e. The predicted molar refractivity (Wildman–Crippen MR) is 168 cm³/mol. The number of alkyl carbamates (subject to hydrolysis) is 1. The Kier molecular flexibility index (Phi) is 9.69. The topological polar surface area (TPSA) is 129 Å². The van der Waals surface area contributed by atoms with Crippen molar-refractivity contribution in [3.63, 3.8) is 0 Å². The van der Waals surface area contributed by atoms with E-state index in [1.807, 2.05) is 34.6 Å². The van der Waals surface area contributed by atoms with Gasteiger partial charge in [0.25, 0.3) is 0 Å². The van der Waals surface area contributed by atoms with Crippen LogP contribution >= 0.6 is 0 Å². The lowest BCUT2D eigenvalue weighted by Crippen LogP contribution is -2.58. The summed E-state index contributed by atoms with van der Waals surface area (Å²) in [4.78, 5) is 51.1. The lowest BCUT2D eigenvalue weighted by molar-refractivity contribution is -0.141. The van der Waals surface area contributed by atoms with E-state index < -0.39 is 71.2 Å². The quantitative estimate of drug-likeness (QED) is 0.459. The summed E-state index contributed by atoms with van der Waals surface area (Å²) in [6, 6.07) is 2.76. The van der Waals surface area contributed by atoms with E-state index >= 15 is 8.78 Å². The van der Waals surface area contributed by atoms with E-state index in [1.165, 1.54) is 18.9 Å². The number of hydrogen-bond donors (Lipinski definition) is 1. The summed E-state index contributed by atoms with van der Waals surface area (Å²) in [7, 11) is 1.48. The molecule has 47 heavy (non-hydrogen) atoms. The molecule has 2 bridgehead atoms. The molecule has 1 aromatic carbocycles. The molecule has 1 aromatic heterocycles. The number of ether oxygens (including phenoxy) is 4. The van der Waals surface area contributed by atoms with Gasteiger partial charge >= 0.3 is 12.0 Å². The molecule has 1 N–H and O–H groups in total. The SMILES string of the molecule is CC[C@@H]1[C@@H]2CN(C(=O)[C@H](C(C)(C)C)NC(=O)O[C@]3(C)CCC[C@H]3CCOCC(F)(F)c3nc4ccc(OC)cc4nc3O2)[C@@H]1C(C)=O. The number of carbonyl (C=O) groups excluding carboxylic acids is 3. The van der Waals surface area contributed by atoms with Crippen molar-refractivity contribution in [1.82, 2.24) is 20.2 Å². The third kappa shape index (κ3) is 7.00. The Morgan fingerprint density at radius 2 is 1.91 bits per heavy atom. The van der Waals surface area contributed by atoms with Gasteiger partial charge in [0.2, 0.25) is 11.8 Å². The molecule has 0 unspecified atom stereocenters. The molecular weight excluding hydrogens is 614 g/mol. The minimum atomic E-state index is -3.59. The van der Waals surface area contributed by atoms with Crippen molar-refractivity contribution in [3.8, 4) is 11.6 Å². The van der Waals surface area contributed by atoms with Crippen LogP contribution in [0.4, 0.5) is 13.6 Å². The highest BCUT2D eigenvalue weighted by molar-refractivity contribution is 5.92. The summed E-state index contributed by atoms with van der Waals surface area (Å²) < 4.78 is 55.2. The average molecular weight is 661 g/mol. The number of aromatic nitrogens is 2. The summed E-state index contributed by atoms with van der Waals surface area (Å²) >= 11 is 0. The number of fused-ring (bicyclic) bond motifs is 5. The number of hydrogen-bond acceptors (Lipinski definition) is 9. The molecule has 3 aliphatic rings. The molecule has 2 amide bonds. The van der Waals surface area contributed by atoms with Crippen LogP contribution in [-0.4, -0.2) is 83.3 Å². The summed E-state index contributed by atoms with van der Waals surface area (Å²) in [5.41, 5.74) is -1.83. The summed E-state index contributed by atoms with van der Waals surface area (Å²) in [5.74, 6) is -4.99. The second-order valence-corrected chi connectivity index (χ2v) is 14.3. The zero-order valence-corrected chi connectivity index (χ0v) is 28.2. The second-order valence-electron chi connectivity index (χ2n) is 14.3. The van der Waals surface area contributed by atoms with Gasteiger partial charge in [-0.3, -0.25) is 9.59 Å². The van der Waals surface area contributed by atoms with Gasteiger partial charge < -0.3 is 29.2 Å². The molecule has 2 aromatic rings.